The minimum atomic E-state index is -0.501. The molecular formula is C25H28N2O2. The molecule has 4 heteroatoms. The summed E-state index contributed by atoms with van der Waals surface area (Å²) in [4.78, 5) is 11.9. The summed E-state index contributed by atoms with van der Waals surface area (Å²) in [5.74, 6) is 0. The Labute approximate surface area is 172 Å². The fourth-order valence-electron chi connectivity index (χ4n) is 2.96. The maximum atomic E-state index is 11.9. The standard InChI is InChI=1S/C25H28N2O2/c1-25(2,3)29-24(28)27-18-20-11-7-12-21(15-20)22-13-8-14-23(16-22)26-17-19-9-5-4-6-10-19/h4-16,26H,17-18H2,1-3H3,(H,27,28). The Bertz CT molecular complexity index is 946. The van der Waals surface area contributed by atoms with Gasteiger partial charge < -0.3 is 15.4 Å². The molecule has 3 rings (SSSR count). The molecule has 0 heterocycles. The molecule has 0 aliphatic carbocycles. The highest BCUT2D eigenvalue weighted by Crippen LogP contribution is 2.24. The second-order valence-corrected chi connectivity index (χ2v) is 7.98. The van der Waals surface area contributed by atoms with Crippen LogP contribution in [0.1, 0.15) is 31.9 Å². The second kappa shape index (κ2) is 9.28. The minimum Gasteiger partial charge on any atom is -0.444 e. The summed E-state index contributed by atoms with van der Waals surface area (Å²) in [6.07, 6.45) is -0.407. The molecule has 3 aromatic carbocycles. The number of alkyl carbamates (subject to hydrolysis) is 1. The van der Waals surface area contributed by atoms with Crippen molar-refractivity contribution >= 4 is 11.8 Å². The van der Waals surface area contributed by atoms with Crippen molar-refractivity contribution in [3.05, 3.63) is 90.0 Å². The zero-order valence-electron chi connectivity index (χ0n) is 17.2. The van der Waals surface area contributed by atoms with Crippen molar-refractivity contribution in [1.82, 2.24) is 5.32 Å². The number of anilines is 1. The Morgan fingerprint density at radius 3 is 2.17 bits per heavy atom. The molecule has 0 aliphatic heterocycles. The molecule has 1 amide bonds. The van der Waals surface area contributed by atoms with Gasteiger partial charge in [-0.1, -0.05) is 60.7 Å². The van der Waals surface area contributed by atoms with Crippen LogP contribution in [0.5, 0.6) is 0 Å². The van der Waals surface area contributed by atoms with Crippen LogP contribution in [0.3, 0.4) is 0 Å². The predicted octanol–water partition coefficient (Wildman–Crippen LogP) is 5.99. The van der Waals surface area contributed by atoms with Gasteiger partial charge in [-0.05, 0) is 61.2 Å². The largest absolute Gasteiger partial charge is 0.444 e. The Hall–Kier alpha value is -3.27. The zero-order valence-corrected chi connectivity index (χ0v) is 17.2. The topological polar surface area (TPSA) is 50.4 Å². The molecule has 0 fully saturated rings. The van der Waals surface area contributed by atoms with E-state index in [-0.39, 0.29) is 0 Å². The van der Waals surface area contributed by atoms with Crippen molar-refractivity contribution in [2.24, 2.45) is 0 Å². The van der Waals surface area contributed by atoms with Crippen LogP contribution in [0.15, 0.2) is 78.9 Å². The lowest BCUT2D eigenvalue weighted by Crippen LogP contribution is -2.32. The van der Waals surface area contributed by atoms with Gasteiger partial charge in [-0.25, -0.2) is 4.79 Å². The maximum absolute atomic E-state index is 11.9. The number of carbonyl (C=O) groups is 1. The molecule has 0 aromatic heterocycles. The van der Waals surface area contributed by atoms with Crippen molar-refractivity contribution in [1.29, 1.82) is 0 Å². The molecule has 150 valence electrons. The van der Waals surface area contributed by atoms with Gasteiger partial charge in [0.2, 0.25) is 0 Å². The lowest BCUT2D eigenvalue weighted by atomic mass is 10.0. The molecule has 0 atom stereocenters. The fourth-order valence-corrected chi connectivity index (χ4v) is 2.96. The van der Waals surface area contributed by atoms with Crippen LogP contribution in [0.4, 0.5) is 10.5 Å². The average Bonchev–Trinajstić information content (AvgIpc) is 2.71. The van der Waals surface area contributed by atoms with E-state index >= 15 is 0 Å². The van der Waals surface area contributed by atoms with Crippen LogP contribution in [0.25, 0.3) is 11.1 Å². The van der Waals surface area contributed by atoms with Crippen LogP contribution in [-0.2, 0) is 17.8 Å². The van der Waals surface area contributed by atoms with Crippen molar-refractivity contribution in [3.8, 4) is 11.1 Å². The summed E-state index contributed by atoms with van der Waals surface area (Å²) in [7, 11) is 0. The van der Waals surface area contributed by atoms with E-state index < -0.39 is 11.7 Å². The molecule has 0 saturated carbocycles. The third-order valence-electron chi connectivity index (χ3n) is 4.30. The fraction of sp³-hybridized carbons (Fsp3) is 0.240. The molecule has 3 aromatic rings. The van der Waals surface area contributed by atoms with Crippen molar-refractivity contribution in [2.45, 2.75) is 39.5 Å². The van der Waals surface area contributed by atoms with Gasteiger partial charge in [0.05, 0.1) is 0 Å². The van der Waals surface area contributed by atoms with E-state index in [0.717, 1.165) is 28.9 Å². The first-order valence-electron chi connectivity index (χ1n) is 9.83. The van der Waals surface area contributed by atoms with Gasteiger partial charge in [0.1, 0.15) is 5.60 Å². The third-order valence-corrected chi connectivity index (χ3v) is 4.30. The van der Waals surface area contributed by atoms with Crippen LogP contribution in [0, 0.1) is 0 Å². The highest BCUT2D eigenvalue weighted by atomic mass is 16.6. The Morgan fingerprint density at radius 1 is 0.793 bits per heavy atom. The molecular weight excluding hydrogens is 360 g/mol. The number of ether oxygens (including phenoxy) is 1. The number of nitrogens with one attached hydrogen (secondary N) is 2. The van der Waals surface area contributed by atoms with Gasteiger partial charge in [0, 0.05) is 18.8 Å². The molecule has 29 heavy (non-hydrogen) atoms. The van der Waals surface area contributed by atoms with Crippen molar-refractivity contribution in [2.75, 3.05) is 5.32 Å². The van der Waals surface area contributed by atoms with E-state index in [4.69, 9.17) is 4.74 Å². The first kappa shape index (κ1) is 20.5. The first-order chi connectivity index (χ1) is 13.9. The maximum Gasteiger partial charge on any atom is 0.407 e. The molecule has 0 unspecified atom stereocenters. The van der Waals surface area contributed by atoms with Gasteiger partial charge in [-0.2, -0.15) is 0 Å². The quantitative estimate of drug-likeness (QED) is 0.545. The van der Waals surface area contributed by atoms with Gasteiger partial charge in [-0.3, -0.25) is 0 Å². The summed E-state index contributed by atoms with van der Waals surface area (Å²) in [6.45, 7) is 6.77. The van der Waals surface area contributed by atoms with E-state index in [1.807, 2.05) is 57.2 Å². The summed E-state index contributed by atoms with van der Waals surface area (Å²) in [5, 5.41) is 6.28. The average molecular weight is 389 g/mol. The van der Waals surface area contributed by atoms with Gasteiger partial charge in [0.15, 0.2) is 0 Å². The molecule has 0 saturated heterocycles. The van der Waals surface area contributed by atoms with E-state index in [1.165, 1.54) is 5.56 Å². The van der Waals surface area contributed by atoms with Crippen LogP contribution in [-0.4, -0.2) is 11.7 Å². The molecule has 2 N–H and O–H groups in total. The highest BCUT2D eigenvalue weighted by Gasteiger charge is 2.15. The number of hydrogen-bond donors (Lipinski definition) is 2. The molecule has 0 bridgehead atoms. The predicted molar refractivity (Wildman–Crippen MR) is 119 cm³/mol. The number of amides is 1. The summed E-state index contributed by atoms with van der Waals surface area (Å²) in [5.41, 5.74) is 5.07. The van der Waals surface area contributed by atoms with E-state index in [2.05, 4.69) is 53.1 Å². The zero-order chi connectivity index (χ0) is 20.7. The number of carbonyl (C=O) groups excluding carboxylic acids is 1. The van der Waals surface area contributed by atoms with E-state index in [0.29, 0.717) is 6.54 Å². The molecule has 4 nitrogen and oxygen atoms in total. The summed E-state index contributed by atoms with van der Waals surface area (Å²) >= 11 is 0. The number of hydrogen-bond acceptors (Lipinski definition) is 3. The number of benzene rings is 3. The van der Waals surface area contributed by atoms with Gasteiger partial charge >= 0.3 is 6.09 Å². The van der Waals surface area contributed by atoms with Crippen LogP contribution < -0.4 is 10.6 Å². The van der Waals surface area contributed by atoms with E-state index in [1.54, 1.807) is 0 Å². The Balaban J connectivity index is 1.64. The lowest BCUT2D eigenvalue weighted by Gasteiger charge is -2.19. The highest BCUT2D eigenvalue weighted by molar-refractivity contribution is 5.70. The van der Waals surface area contributed by atoms with Gasteiger partial charge in [0.25, 0.3) is 0 Å². The summed E-state index contributed by atoms with van der Waals surface area (Å²) < 4.78 is 5.30. The third kappa shape index (κ3) is 6.68. The van der Waals surface area contributed by atoms with Crippen molar-refractivity contribution in [3.63, 3.8) is 0 Å². The molecule has 0 spiro atoms. The van der Waals surface area contributed by atoms with Gasteiger partial charge in [-0.15, -0.1) is 0 Å². The monoisotopic (exact) mass is 388 g/mol. The van der Waals surface area contributed by atoms with E-state index in [9.17, 15) is 4.79 Å². The van der Waals surface area contributed by atoms with Crippen LogP contribution in [0.2, 0.25) is 0 Å². The van der Waals surface area contributed by atoms with Crippen LogP contribution >= 0.6 is 0 Å². The van der Waals surface area contributed by atoms with Crippen molar-refractivity contribution < 1.29 is 9.53 Å². The number of rotatable bonds is 6. The minimum absolute atomic E-state index is 0.407. The second-order valence-electron chi connectivity index (χ2n) is 7.98. The Morgan fingerprint density at radius 2 is 1.45 bits per heavy atom. The summed E-state index contributed by atoms with van der Waals surface area (Å²) in [6, 6.07) is 26.9. The SMILES string of the molecule is CC(C)(C)OC(=O)NCc1cccc(-c2cccc(NCc3ccccc3)c2)c1. The first-order valence-corrected chi connectivity index (χ1v) is 9.83. The molecule has 0 radical (unpaired) electrons. The lowest BCUT2D eigenvalue weighted by molar-refractivity contribution is 0.0523. The molecule has 0 aliphatic rings. The Kier molecular flexibility index (Phi) is 6.55. The normalized spacial score (nSPS) is 11.0. The smallest absolute Gasteiger partial charge is 0.407 e.